The van der Waals surface area contributed by atoms with Gasteiger partial charge in [0.25, 0.3) is 0 Å². The maximum atomic E-state index is 13.4. The van der Waals surface area contributed by atoms with Gasteiger partial charge in [-0.2, -0.15) is 5.26 Å². The Morgan fingerprint density at radius 3 is 3.00 bits per heavy atom. The van der Waals surface area contributed by atoms with Gasteiger partial charge in [-0.05, 0) is 0 Å². The number of carbonyl (C=O) groups excluding carboxylic acids is 2. The van der Waals surface area contributed by atoms with E-state index in [0.29, 0.717) is 31.3 Å². The van der Waals surface area contributed by atoms with E-state index < -0.39 is 24.0 Å². The number of hydrogen-bond acceptors (Lipinski definition) is 4. The summed E-state index contributed by atoms with van der Waals surface area (Å²) in [5.41, 5.74) is 1.17. The Kier molecular flexibility index (Phi) is 5.27. The van der Waals surface area contributed by atoms with E-state index in [1.807, 2.05) is 24.3 Å². The van der Waals surface area contributed by atoms with Crippen LogP contribution in [0.2, 0.25) is 0 Å². The number of nitrogens with zero attached hydrogens (tertiary/aromatic N) is 3. The van der Waals surface area contributed by atoms with E-state index in [0.717, 1.165) is 10.9 Å². The number of aromatic nitrogens is 1. The molecule has 0 saturated carbocycles. The molecule has 2 aromatic rings. The Hall–Kier alpha value is -2.09. The number of carbonyl (C=O) groups is 2. The fourth-order valence-electron chi connectivity index (χ4n) is 2.90. The van der Waals surface area contributed by atoms with Crippen LogP contribution in [0.1, 0.15) is 16.8 Å². The Bertz CT molecular complexity index is 883. The molecule has 0 bridgehead atoms. The Morgan fingerprint density at radius 1 is 1.44 bits per heavy atom. The fourth-order valence-corrected chi connectivity index (χ4v) is 3.89. The van der Waals surface area contributed by atoms with Crippen molar-refractivity contribution in [2.45, 2.75) is 18.6 Å². The van der Waals surface area contributed by atoms with Gasteiger partial charge in [-0.25, -0.2) is 4.39 Å². The molecule has 2 unspecified atom stereocenters. The molecule has 1 fully saturated rings. The van der Waals surface area contributed by atoms with Crippen molar-refractivity contribution in [3.8, 4) is 6.07 Å². The molecule has 1 aromatic carbocycles. The van der Waals surface area contributed by atoms with Gasteiger partial charge in [0, 0.05) is 0 Å². The molecule has 1 aliphatic heterocycles. The van der Waals surface area contributed by atoms with Crippen LogP contribution < -0.4 is 8.44 Å². The van der Waals surface area contributed by atoms with Gasteiger partial charge < -0.3 is 0 Å². The fraction of sp³-hybridized carbons (Fsp3) is 0.294. The average Bonchev–Trinajstić information content (AvgIpc) is 2.99. The van der Waals surface area contributed by atoms with Crippen LogP contribution in [0.3, 0.4) is 0 Å². The molecule has 1 aliphatic rings. The number of benzene rings is 1. The monoisotopic (exact) mass is 530 g/mol. The standard InChI is InChI=1S/C17H14FN4O2.Tl/c18-11-7-12(8-19)22(10-11)16(23)9-21-17(24)14-5-6-20-15-4-2-1-3-13(14)15;/h1,3-6,11-12H,7,9-10H2,(H,21,24);. The van der Waals surface area contributed by atoms with Crippen LogP contribution in [0.4, 0.5) is 4.39 Å². The van der Waals surface area contributed by atoms with Gasteiger partial charge in [0.1, 0.15) is 0 Å². The molecule has 6 nitrogen and oxygen atoms in total. The number of halogens is 1. The zero-order valence-electron chi connectivity index (χ0n) is 13.3. The normalized spacial score (nSPS) is 19.6. The average molecular weight is 530 g/mol. The molecule has 2 heterocycles. The minimum absolute atomic E-state index is 0.0223. The number of rotatable bonds is 3. The first-order valence-electron chi connectivity index (χ1n) is 7.75. The quantitative estimate of drug-likeness (QED) is 0.577. The van der Waals surface area contributed by atoms with E-state index in [1.54, 1.807) is 12.3 Å². The van der Waals surface area contributed by atoms with Crippen LogP contribution in [0, 0.1) is 11.3 Å². The van der Waals surface area contributed by atoms with Crippen molar-refractivity contribution in [2.75, 3.05) is 13.1 Å². The molecular weight excluding hydrogens is 516 g/mol. The predicted octanol–water partition coefficient (Wildman–Crippen LogP) is 0.221. The Balaban J connectivity index is 1.71. The molecular formula is C17H14FN4O2Tl. The number of likely N-dealkylation sites (tertiary alicyclic amines) is 1. The minimum atomic E-state index is -1.19. The molecule has 0 spiro atoms. The number of nitrogens with one attached hydrogen (secondary N) is 1. The molecule has 2 amide bonds. The van der Waals surface area contributed by atoms with E-state index in [2.05, 4.69) is 10.3 Å². The van der Waals surface area contributed by atoms with Gasteiger partial charge in [0.15, 0.2) is 0 Å². The van der Waals surface area contributed by atoms with Crippen molar-refractivity contribution in [3.05, 3.63) is 36.0 Å². The van der Waals surface area contributed by atoms with Gasteiger partial charge in [0.2, 0.25) is 0 Å². The van der Waals surface area contributed by atoms with Gasteiger partial charge in [-0.15, -0.1) is 0 Å². The molecule has 2 atom stereocenters. The van der Waals surface area contributed by atoms with Crippen LogP contribution in [-0.4, -0.2) is 72.8 Å². The van der Waals surface area contributed by atoms with Crippen molar-refractivity contribution in [3.63, 3.8) is 0 Å². The third-order valence-corrected chi connectivity index (χ3v) is 5.53. The number of nitriles is 1. The number of alkyl halides is 1. The van der Waals surface area contributed by atoms with Crippen LogP contribution in [0.15, 0.2) is 30.5 Å². The summed E-state index contributed by atoms with van der Waals surface area (Å²) >= 11 is 0.680. The second-order valence-corrected chi connectivity index (χ2v) is 8.43. The van der Waals surface area contributed by atoms with Crippen LogP contribution in [0.5, 0.6) is 0 Å². The summed E-state index contributed by atoms with van der Waals surface area (Å²) in [6.45, 7) is -0.372. The molecule has 1 N–H and O–H groups in total. The van der Waals surface area contributed by atoms with Crippen molar-refractivity contribution >= 4 is 51.6 Å². The van der Waals surface area contributed by atoms with Crippen molar-refractivity contribution in [1.82, 2.24) is 15.2 Å². The summed E-state index contributed by atoms with van der Waals surface area (Å²) in [6, 6.07) is 8.52. The second kappa shape index (κ2) is 7.43. The maximum absolute atomic E-state index is 13.4. The Morgan fingerprint density at radius 2 is 2.24 bits per heavy atom. The van der Waals surface area contributed by atoms with E-state index in [1.165, 1.54) is 8.02 Å². The summed E-state index contributed by atoms with van der Waals surface area (Å²) in [5.74, 6) is -0.852. The molecule has 25 heavy (non-hydrogen) atoms. The van der Waals surface area contributed by atoms with Crippen LogP contribution in [0.25, 0.3) is 10.9 Å². The van der Waals surface area contributed by atoms with Gasteiger partial charge in [-0.1, -0.05) is 0 Å². The molecule has 8 heteroatoms. The predicted molar refractivity (Wildman–Crippen MR) is 90.1 cm³/mol. The molecule has 124 valence electrons. The van der Waals surface area contributed by atoms with Crippen LogP contribution in [-0.2, 0) is 4.79 Å². The summed E-state index contributed by atoms with van der Waals surface area (Å²) in [5, 5.41) is 12.3. The van der Waals surface area contributed by atoms with Gasteiger partial charge in [-0.3, -0.25) is 0 Å². The van der Waals surface area contributed by atoms with E-state index >= 15 is 0 Å². The van der Waals surface area contributed by atoms with Crippen LogP contribution >= 0.6 is 0 Å². The van der Waals surface area contributed by atoms with E-state index in [4.69, 9.17) is 5.26 Å². The third kappa shape index (κ3) is 3.78. The summed E-state index contributed by atoms with van der Waals surface area (Å²) in [7, 11) is 0. The molecule has 1 saturated heterocycles. The summed E-state index contributed by atoms with van der Waals surface area (Å²) < 4.78 is 14.6. The first-order chi connectivity index (χ1) is 12.0. The molecule has 0 aliphatic carbocycles. The SMILES string of the molecule is N#CC1CC(F)CN1C(=O)CNC(=O)c1ccnc2c[c]([Tl])ccc12. The van der Waals surface area contributed by atoms with Crippen molar-refractivity contribution < 1.29 is 14.0 Å². The first kappa shape index (κ1) is 17.7. The summed E-state index contributed by atoms with van der Waals surface area (Å²) in [4.78, 5) is 30.1. The van der Waals surface area contributed by atoms with Crippen molar-refractivity contribution in [2.24, 2.45) is 0 Å². The van der Waals surface area contributed by atoms with E-state index in [9.17, 15) is 14.0 Å². The van der Waals surface area contributed by atoms with E-state index in [-0.39, 0.29) is 19.5 Å². The summed E-state index contributed by atoms with van der Waals surface area (Å²) in [6.07, 6.45) is 0.387. The molecule has 0 radical (unpaired) electrons. The Labute approximate surface area is 159 Å². The number of amides is 2. The zero-order valence-corrected chi connectivity index (χ0v) is 17.8. The third-order valence-electron chi connectivity index (χ3n) is 4.13. The molecule has 1 aromatic heterocycles. The van der Waals surface area contributed by atoms with Gasteiger partial charge >= 0.3 is 150 Å². The van der Waals surface area contributed by atoms with Gasteiger partial charge in [0.05, 0.1) is 0 Å². The number of hydrogen-bond donors (Lipinski definition) is 1. The van der Waals surface area contributed by atoms with Crippen molar-refractivity contribution in [1.29, 1.82) is 5.26 Å². The first-order valence-corrected chi connectivity index (χ1v) is 9.99. The zero-order chi connectivity index (χ0) is 18.0. The number of pyridine rings is 1. The molecule has 3 rings (SSSR count). The number of fused-ring (bicyclic) bond motifs is 1. The topological polar surface area (TPSA) is 86.1 Å². The second-order valence-electron chi connectivity index (χ2n) is 5.84.